The van der Waals surface area contributed by atoms with Gasteiger partial charge < -0.3 is 9.64 Å². The zero-order valence-corrected chi connectivity index (χ0v) is 20.2. The lowest BCUT2D eigenvalue weighted by atomic mass is 9.71. The molecule has 0 spiro atoms. The molecule has 4 aromatic rings. The molecule has 1 aromatic heterocycles. The summed E-state index contributed by atoms with van der Waals surface area (Å²) in [5.41, 5.74) is 4.14. The second-order valence-electron chi connectivity index (χ2n) is 8.95. The number of ether oxygens (including phenoxy) is 1. The third-order valence-corrected chi connectivity index (χ3v) is 7.09. The van der Waals surface area contributed by atoms with Gasteiger partial charge in [0, 0.05) is 24.8 Å². The molecule has 1 fully saturated rings. The third-order valence-electron chi connectivity index (χ3n) is 6.86. The number of imidazole rings is 1. The van der Waals surface area contributed by atoms with E-state index in [4.69, 9.17) is 16.3 Å². The van der Waals surface area contributed by atoms with Gasteiger partial charge in [-0.3, -0.25) is 9.13 Å². The fourth-order valence-corrected chi connectivity index (χ4v) is 5.11. The van der Waals surface area contributed by atoms with E-state index >= 15 is 0 Å². The first-order valence-corrected chi connectivity index (χ1v) is 11.6. The highest BCUT2D eigenvalue weighted by atomic mass is 35.5. The standard InChI is InChI=1S/C27H26ClN3O3/c1-29(2)21-9-11-22(12-10-21)30-24-17-20(28)8-13-23(24)31(26(30)33)27(14-5-15-27)19-7-4-6-18(16-19)25(32)34-3/h4,6-13,16-17H,5,14-15H2,1-3H3. The quantitative estimate of drug-likeness (QED) is 0.371. The van der Waals surface area contributed by atoms with Crippen LogP contribution < -0.4 is 10.6 Å². The Balaban J connectivity index is 1.75. The molecular weight excluding hydrogens is 450 g/mol. The Bertz CT molecular complexity index is 1450. The van der Waals surface area contributed by atoms with Crippen molar-refractivity contribution in [2.24, 2.45) is 0 Å². The molecule has 0 radical (unpaired) electrons. The number of halogens is 1. The van der Waals surface area contributed by atoms with Crippen molar-refractivity contribution in [1.29, 1.82) is 0 Å². The molecule has 1 aliphatic rings. The van der Waals surface area contributed by atoms with Crippen LogP contribution in [0, 0.1) is 0 Å². The van der Waals surface area contributed by atoms with Crippen LogP contribution in [0.1, 0.15) is 35.2 Å². The summed E-state index contributed by atoms with van der Waals surface area (Å²) in [6.45, 7) is 0. The van der Waals surface area contributed by atoms with Crippen molar-refractivity contribution in [3.63, 3.8) is 0 Å². The van der Waals surface area contributed by atoms with Crippen LogP contribution in [0.2, 0.25) is 5.02 Å². The summed E-state index contributed by atoms with van der Waals surface area (Å²) in [7, 11) is 5.34. The number of nitrogens with zero attached hydrogens (tertiary/aromatic N) is 3. The lowest BCUT2D eigenvalue weighted by Crippen LogP contribution is -2.47. The molecule has 7 heteroatoms. The molecule has 1 aliphatic carbocycles. The minimum atomic E-state index is -0.540. The Morgan fingerprint density at radius 1 is 1.00 bits per heavy atom. The van der Waals surface area contributed by atoms with Crippen LogP contribution in [0.15, 0.2) is 71.5 Å². The van der Waals surface area contributed by atoms with E-state index in [1.54, 1.807) is 10.6 Å². The molecule has 1 saturated carbocycles. The summed E-state index contributed by atoms with van der Waals surface area (Å²) in [5, 5.41) is 0.568. The Kier molecular flexibility index (Phi) is 5.48. The van der Waals surface area contributed by atoms with E-state index in [9.17, 15) is 9.59 Å². The smallest absolute Gasteiger partial charge is 0.337 e. The van der Waals surface area contributed by atoms with Crippen molar-refractivity contribution in [1.82, 2.24) is 9.13 Å². The predicted molar refractivity (Wildman–Crippen MR) is 136 cm³/mol. The first-order chi connectivity index (χ1) is 16.4. The summed E-state index contributed by atoms with van der Waals surface area (Å²) < 4.78 is 8.54. The van der Waals surface area contributed by atoms with E-state index in [0.29, 0.717) is 10.6 Å². The number of methoxy groups -OCH3 is 1. The van der Waals surface area contributed by atoms with Crippen molar-refractivity contribution >= 4 is 34.3 Å². The summed E-state index contributed by atoms with van der Waals surface area (Å²) in [6.07, 6.45) is 2.60. The molecule has 0 atom stereocenters. The maximum atomic E-state index is 14.1. The molecule has 174 valence electrons. The van der Waals surface area contributed by atoms with E-state index in [0.717, 1.165) is 47.2 Å². The van der Waals surface area contributed by atoms with Crippen molar-refractivity contribution in [2.75, 3.05) is 26.1 Å². The molecule has 0 N–H and O–H groups in total. The lowest BCUT2D eigenvalue weighted by Gasteiger charge is -2.43. The van der Waals surface area contributed by atoms with Gasteiger partial charge in [0.15, 0.2) is 0 Å². The number of benzene rings is 3. The number of hydrogen-bond donors (Lipinski definition) is 0. The highest BCUT2D eigenvalue weighted by molar-refractivity contribution is 6.31. The monoisotopic (exact) mass is 475 g/mol. The Morgan fingerprint density at radius 3 is 2.35 bits per heavy atom. The van der Waals surface area contributed by atoms with Gasteiger partial charge in [-0.15, -0.1) is 0 Å². The van der Waals surface area contributed by atoms with Gasteiger partial charge in [-0.25, -0.2) is 9.59 Å². The molecule has 5 rings (SSSR count). The normalized spacial score (nSPS) is 14.6. The summed E-state index contributed by atoms with van der Waals surface area (Å²) in [6, 6.07) is 20.9. The van der Waals surface area contributed by atoms with Crippen LogP contribution in [0.5, 0.6) is 0 Å². The average molecular weight is 476 g/mol. The molecule has 0 saturated heterocycles. The van der Waals surface area contributed by atoms with Gasteiger partial charge in [0.25, 0.3) is 0 Å². The second-order valence-corrected chi connectivity index (χ2v) is 9.39. The zero-order valence-electron chi connectivity index (χ0n) is 19.4. The molecule has 6 nitrogen and oxygen atoms in total. The van der Waals surface area contributed by atoms with Crippen molar-refractivity contribution in [3.05, 3.63) is 93.4 Å². The van der Waals surface area contributed by atoms with Gasteiger partial charge in [0.05, 0.1) is 34.9 Å². The molecule has 34 heavy (non-hydrogen) atoms. The molecule has 3 aromatic carbocycles. The number of anilines is 1. The number of carbonyl (C=O) groups is 1. The zero-order chi connectivity index (χ0) is 24.0. The fraction of sp³-hybridized carbons (Fsp3) is 0.259. The van der Waals surface area contributed by atoms with E-state index in [2.05, 4.69) is 0 Å². The third kappa shape index (κ3) is 3.41. The highest BCUT2D eigenvalue weighted by Crippen LogP contribution is 2.46. The van der Waals surface area contributed by atoms with Gasteiger partial charge in [-0.05, 0) is 79.4 Å². The van der Waals surface area contributed by atoms with Crippen LogP contribution >= 0.6 is 11.6 Å². The maximum Gasteiger partial charge on any atom is 0.337 e. The van der Waals surface area contributed by atoms with E-state index in [1.807, 2.05) is 84.2 Å². The number of rotatable bonds is 5. The topological polar surface area (TPSA) is 56.5 Å². The number of esters is 1. The minimum Gasteiger partial charge on any atom is -0.465 e. The van der Waals surface area contributed by atoms with Crippen LogP contribution in [-0.2, 0) is 10.3 Å². The van der Waals surface area contributed by atoms with Crippen LogP contribution in [0.25, 0.3) is 16.7 Å². The molecule has 1 heterocycles. The number of hydrogen-bond acceptors (Lipinski definition) is 4. The van der Waals surface area contributed by atoms with Crippen molar-refractivity contribution < 1.29 is 9.53 Å². The number of carbonyl (C=O) groups excluding carboxylic acids is 1. The van der Waals surface area contributed by atoms with Crippen LogP contribution in [0.3, 0.4) is 0 Å². The van der Waals surface area contributed by atoms with E-state index < -0.39 is 5.54 Å². The van der Waals surface area contributed by atoms with E-state index in [1.165, 1.54) is 7.11 Å². The molecule has 0 unspecified atom stereocenters. The Morgan fingerprint density at radius 2 is 1.74 bits per heavy atom. The van der Waals surface area contributed by atoms with Crippen molar-refractivity contribution in [3.8, 4) is 5.69 Å². The average Bonchev–Trinajstić information content (AvgIpc) is 3.09. The van der Waals surface area contributed by atoms with Crippen LogP contribution in [0.4, 0.5) is 5.69 Å². The van der Waals surface area contributed by atoms with Gasteiger partial charge in [-0.2, -0.15) is 0 Å². The highest BCUT2D eigenvalue weighted by Gasteiger charge is 2.43. The maximum absolute atomic E-state index is 14.1. The molecule has 0 amide bonds. The first-order valence-electron chi connectivity index (χ1n) is 11.3. The molecule has 0 aliphatic heterocycles. The SMILES string of the molecule is COC(=O)c1cccc(C2(n3c(=O)n(-c4ccc(N(C)C)cc4)c4cc(Cl)ccc43)CCC2)c1. The number of aromatic nitrogens is 2. The Labute approximate surface area is 202 Å². The summed E-state index contributed by atoms with van der Waals surface area (Å²) in [4.78, 5) is 28.3. The summed E-state index contributed by atoms with van der Waals surface area (Å²) >= 11 is 6.37. The van der Waals surface area contributed by atoms with Crippen molar-refractivity contribution in [2.45, 2.75) is 24.8 Å². The Hall–Kier alpha value is -3.51. The van der Waals surface area contributed by atoms with E-state index in [-0.39, 0.29) is 11.7 Å². The minimum absolute atomic E-state index is 0.127. The lowest BCUT2D eigenvalue weighted by molar-refractivity contribution is 0.0600. The molecular formula is C27H26ClN3O3. The van der Waals surface area contributed by atoms with Gasteiger partial charge in [0.1, 0.15) is 0 Å². The summed E-state index contributed by atoms with van der Waals surface area (Å²) in [5.74, 6) is -0.390. The second kappa shape index (κ2) is 8.37. The number of fused-ring (bicyclic) bond motifs is 1. The van der Waals surface area contributed by atoms with Gasteiger partial charge in [0.2, 0.25) is 0 Å². The van der Waals surface area contributed by atoms with Crippen LogP contribution in [-0.4, -0.2) is 36.3 Å². The predicted octanol–water partition coefficient (Wildman–Crippen LogP) is 5.23. The van der Waals surface area contributed by atoms with Gasteiger partial charge in [-0.1, -0.05) is 23.7 Å². The largest absolute Gasteiger partial charge is 0.465 e. The molecule has 0 bridgehead atoms. The first kappa shape index (κ1) is 22.3. The fourth-order valence-electron chi connectivity index (χ4n) is 4.94. The van der Waals surface area contributed by atoms with Gasteiger partial charge >= 0.3 is 11.7 Å².